The Bertz CT molecular complexity index is 601. The summed E-state index contributed by atoms with van der Waals surface area (Å²) in [7, 11) is 0. The van der Waals surface area contributed by atoms with Gasteiger partial charge in [-0.2, -0.15) is 0 Å². The first kappa shape index (κ1) is 14.0. The lowest BCUT2D eigenvalue weighted by atomic mass is 10.1. The summed E-state index contributed by atoms with van der Waals surface area (Å²) in [5.74, 6) is 0.251. The van der Waals surface area contributed by atoms with E-state index >= 15 is 0 Å². The third-order valence-corrected chi connectivity index (χ3v) is 2.93. The average molecular weight is 272 g/mol. The van der Waals surface area contributed by atoms with Crippen molar-refractivity contribution in [2.45, 2.75) is 13.0 Å². The number of nitrogens with zero attached hydrogens (tertiary/aromatic N) is 2. The molecule has 3 N–H and O–H groups in total. The molecule has 2 rings (SSSR count). The molecule has 0 amide bonds. The number of aromatic nitrogens is 1. The zero-order valence-corrected chi connectivity index (χ0v) is 11.1. The predicted octanol–water partition coefficient (Wildman–Crippen LogP) is 2.41. The standard InChI is InChI=1S/C14H16N4O2/c1-10-7-8-13(18(19)20)14(17-10)16-9-12(15)11-5-3-2-4-6-11/h2-8,12H,9,15H2,1H3,(H,16,17). The lowest BCUT2D eigenvalue weighted by Crippen LogP contribution is -2.21. The van der Waals surface area contributed by atoms with Crippen molar-refractivity contribution in [2.75, 3.05) is 11.9 Å². The zero-order chi connectivity index (χ0) is 14.5. The number of hydrogen-bond acceptors (Lipinski definition) is 5. The molecule has 20 heavy (non-hydrogen) atoms. The van der Waals surface area contributed by atoms with Crippen molar-refractivity contribution >= 4 is 11.5 Å². The monoisotopic (exact) mass is 272 g/mol. The molecule has 1 unspecified atom stereocenters. The van der Waals surface area contributed by atoms with Crippen LogP contribution in [0.1, 0.15) is 17.3 Å². The van der Waals surface area contributed by atoms with Crippen LogP contribution in [0, 0.1) is 17.0 Å². The Kier molecular flexibility index (Phi) is 4.27. The molecule has 0 bridgehead atoms. The molecule has 0 radical (unpaired) electrons. The first-order valence-corrected chi connectivity index (χ1v) is 6.24. The van der Waals surface area contributed by atoms with Crippen LogP contribution < -0.4 is 11.1 Å². The van der Waals surface area contributed by atoms with Gasteiger partial charge in [-0.05, 0) is 18.6 Å². The lowest BCUT2D eigenvalue weighted by Gasteiger charge is -2.13. The van der Waals surface area contributed by atoms with Crippen molar-refractivity contribution in [3.05, 3.63) is 63.8 Å². The molecule has 0 aliphatic carbocycles. The third-order valence-electron chi connectivity index (χ3n) is 2.93. The molecule has 104 valence electrons. The molecule has 0 aliphatic rings. The van der Waals surface area contributed by atoms with Gasteiger partial charge in [-0.25, -0.2) is 4.98 Å². The Balaban J connectivity index is 2.11. The summed E-state index contributed by atoms with van der Waals surface area (Å²) in [5, 5.41) is 13.9. The second-order valence-corrected chi connectivity index (χ2v) is 4.48. The number of pyridine rings is 1. The minimum Gasteiger partial charge on any atom is -0.362 e. The summed E-state index contributed by atoms with van der Waals surface area (Å²) in [4.78, 5) is 14.6. The van der Waals surface area contributed by atoms with Crippen LogP contribution in [0.15, 0.2) is 42.5 Å². The van der Waals surface area contributed by atoms with E-state index in [1.165, 1.54) is 6.07 Å². The van der Waals surface area contributed by atoms with Crippen molar-refractivity contribution in [1.29, 1.82) is 0 Å². The number of benzene rings is 1. The molecule has 0 saturated carbocycles. The predicted molar refractivity (Wildman–Crippen MR) is 77.5 cm³/mol. The minimum absolute atomic E-state index is 0.0455. The van der Waals surface area contributed by atoms with Crippen molar-refractivity contribution in [1.82, 2.24) is 4.98 Å². The number of rotatable bonds is 5. The zero-order valence-electron chi connectivity index (χ0n) is 11.1. The van der Waals surface area contributed by atoms with E-state index in [9.17, 15) is 10.1 Å². The molecule has 6 nitrogen and oxygen atoms in total. The molecule has 0 fully saturated rings. The molecular formula is C14H16N4O2. The number of nitrogens with one attached hydrogen (secondary N) is 1. The second kappa shape index (κ2) is 6.12. The summed E-state index contributed by atoms with van der Waals surface area (Å²) in [5.41, 5.74) is 7.68. The van der Waals surface area contributed by atoms with Gasteiger partial charge in [0.25, 0.3) is 0 Å². The van der Waals surface area contributed by atoms with Gasteiger partial charge in [0.05, 0.1) is 4.92 Å². The van der Waals surface area contributed by atoms with Gasteiger partial charge in [0, 0.05) is 24.3 Å². The molecule has 1 aromatic heterocycles. The van der Waals surface area contributed by atoms with E-state index in [0.29, 0.717) is 12.2 Å². The molecule has 1 heterocycles. The maximum atomic E-state index is 10.9. The molecule has 0 saturated heterocycles. The van der Waals surface area contributed by atoms with Gasteiger partial charge in [-0.3, -0.25) is 10.1 Å². The highest BCUT2D eigenvalue weighted by Gasteiger charge is 2.16. The van der Waals surface area contributed by atoms with Gasteiger partial charge in [-0.15, -0.1) is 0 Å². The normalized spacial score (nSPS) is 11.9. The van der Waals surface area contributed by atoms with E-state index in [-0.39, 0.29) is 17.5 Å². The summed E-state index contributed by atoms with van der Waals surface area (Å²) in [6.07, 6.45) is 0. The first-order valence-electron chi connectivity index (χ1n) is 6.24. The SMILES string of the molecule is Cc1ccc([N+](=O)[O-])c(NCC(N)c2ccccc2)n1. The van der Waals surface area contributed by atoms with Gasteiger partial charge in [0.2, 0.25) is 5.82 Å². The Hall–Kier alpha value is -2.47. The third kappa shape index (κ3) is 3.30. The number of nitro groups is 1. The second-order valence-electron chi connectivity index (χ2n) is 4.48. The Morgan fingerprint density at radius 2 is 2.00 bits per heavy atom. The number of anilines is 1. The van der Waals surface area contributed by atoms with Crippen molar-refractivity contribution in [2.24, 2.45) is 5.73 Å². The summed E-state index contributed by atoms with van der Waals surface area (Å²) < 4.78 is 0. The van der Waals surface area contributed by atoms with E-state index in [2.05, 4.69) is 10.3 Å². The van der Waals surface area contributed by atoms with Crippen LogP contribution in [0.25, 0.3) is 0 Å². The largest absolute Gasteiger partial charge is 0.362 e. The Morgan fingerprint density at radius 3 is 2.65 bits per heavy atom. The lowest BCUT2D eigenvalue weighted by molar-refractivity contribution is -0.384. The maximum absolute atomic E-state index is 10.9. The van der Waals surface area contributed by atoms with E-state index in [1.807, 2.05) is 30.3 Å². The van der Waals surface area contributed by atoms with E-state index in [1.54, 1.807) is 13.0 Å². The molecule has 0 spiro atoms. The van der Waals surface area contributed by atoms with Gasteiger partial charge < -0.3 is 11.1 Å². The van der Waals surface area contributed by atoms with Crippen LogP contribution in [-0.2, 0) is 0 Å². The van der Waals surface area contributed by atoms with Gasteiger partial charge in [0.15, 0.2) is 0 Å². The molecule has 1 aromatic carbocycles. The van der Waals surface area contributed by atoms with Crippen LogP contribution in [0.3, 0.4) is 0 Å². The summed E-state index contributed by atoms with van der Waals surface area (Å²) in [6.45, 7) is 2.16. The van der Waals surface area contributed by atoms with Crippen LogP contribution in [0.2, 0.25) is 0 Å². The van der Waals surface area contributed by atoms with E-state index in [0.717, 1.165) is 5.56 Å². The highest BCUT2D eigenvalue weighted by atomic mass is 16.6. The van der Waals surface area contributed by atoms with E-state index in [4.69, 9.17) is 5.73 Å². The van der Waals surface area contributed by atoms with Crippen molar-refractivity contribution in [3.63, 3.8) is 0 Å². The Labute approximate surface area is 116 Å². The van der Waals surface area contributed by atoms with Crippen LogP contribution in [0.4, 0.5) is 11.5 Å². The van der Waals surface area contributed by atoms with Crippen LogP contribution >= 0.6 is 0 Å². The topological polar surface area (TPSA) is 94.1 Å². The molecule has 1 atom stereocenters. The smallest absolute Gasteiger partial charge is 0.311 e. The maximum Gasteiger partial charge on any atom is 0.311 e. The fourth-order valence-electron chi connectivity index (χ4n) is 1.85. The summed E-state index contributed by atoms with van der Waals surface area (Å²) in [6, 6.07) is 12.4. The fourth-order valence-corrected chi connectivity index (χ4v) is 1.85. The molecule has 6 heteroatoms. The number of aryl methyl sites for hydroxylation is 1. The first-order chi connectivity index (χ1) is 9.58. The Morgan fingerprint density at radius 1 is 1.30 bits per heavy atom. The summed E-state index contributed by atoms with van der Waals surface area (Å²) >= 11 is 0. The molecule has 2 aromatic rings. The minimum atomic E-state index is -0.456. The van der Waals surface area contributed by atoms with E-state index < -0.39 is 4.92 Å². The van der Waals surface area contributed by atoms with Crippen LogP contribution in [-0.4, -0.2) is 16.5 Å². The average Bonchev–Trinajstić information content (AvgIpc) is 2.45. The number of hydrogen-bond donors (Lipinski definition) is 2. The fraction of sp³-hybridized carbons (Fsp3) is 0.214. The molecule has 0 aliphatic heterocycles. The number of nitrogens with two attached hydrogens (primary N) is 1. The molecular weight excluding hydrogens is 256 g/mol. The van der Waals surface area contributed by atoms with Crippen LogP contribution in [0.5, 0.6) is 0 Å². The van der Waals surface area contributed by atoms with Gasteiger partial charge in [0.1, 0.15) is 0 Å². The van der Waals surface area contributed by atoms with Crippen molar-refractivity contribution < 1.29 is 4.92 Å². The highest BCUT2D eigenvalue weighted by Crippen LogP contribution is 2.22. The highest BCUT2D eigenvalue weighted by molar-refractivity contribution is 5.56. The quantitative estimate of drug-likeness (QED) is 0.644. The van der Waals surface area contributed by atoms with Crippen molar-refractivity contribution in [3.8, 4) is 0 Å². The van der Waals surface area contributed by atoms with Gasteiger partial charge in [-0.1, -0.05) is 30.3 Å². The van der Waals surface area contributed by atoms with Gasteiger partial charge >= 0.3 is 5.69 Å².